The number of hydrogen-bond donors (Lipinski definition) is 6. The quantitative estimate of drug-likeness (QED) is 0.332. The van der Waals surface area contributed by atoms with Crippen LogP contribution in [-0.4, -0.2) is 72.5 Å². The number of carbonyl (C=O) groups is 1. The number of carbonyl (C=O) groups excluding carboxylic acids is 1. The van der Waals surface area contributed by atoms with Crippen LogP contribution in [0.5, 0.6) is 0 Å². The van der Waals surface area contributed by atoms with Gasteiger partial charge in [0.25, 0.3) is 0 Å². The molecule has 6 N–H and O–H groups in total. The van der Waals surface area contributed by atoms with Crippen LogP contribution in [0, 0.1) is 40.4 Å². The molecule has 200 valence electrons. The molecule has 0 bridgehead atoms. The summed E-state index contributed by atoms with van der Waals surface area (Å²) in [6.45, 7) is 9.57. The zero-order chi connectivity index (χ0) is 26.1. The summed E-state index contributed by atoms with van der Waals surface area (Å²) in [7, 11) is 0. The molecule has 7 heteroatoms. The van der Waals surface area contributed by atoms with Crippen molar-refractivity contribution in [3.05, 3.63) is 11.6 Å². The van der Waals surface area contributed by atoms with E-state index < -0.39 is 40.3 Å². The Balaban J connectivity index is 1.66. The van der Waals surface area contributed by atoms with Gasteiger partial charge in [0, 0.05) is 17.9 Å². The fourth-order valence-corrected chi connectivity index (χ4v) is 8.54. The number of aliphatic hydroxyl groups excluding tert-OH is 4. The Labute approximate surface area is 209 Å². The van der Waals surface area contributed by atoms with E-state index in [0.29, 0.717) is 44.1 Å². The molecule has 3 saturated carbocycles. The molecule has 7 nitrogen and oxygen atoms in total. The van der Waals surface area contributed by atoms with Gasteiger partial charge in [-0.25, -0.2) is 0 Å². The van der Waals surface area contributed by atoms with E-state index in [1.54, 1.807) is 13.0 Å². The summed E-state index contributed by atoms with van der Waals surface area (Å²) in [6.07, 6.45) is 2.00. The molecule has 4 rings (SSSR count). The van der Waals surface area contributed by atoms with Gasteiger partial charge in [-0.2, -0.15) is 0 Å². The van der Waals surface area contributed by atoms with E-state index in [-0.39, 0.29) is 48.4 Å². The fraction of sp³-hybridized carbons (Fsp3) is 0.893. The minimum absolute atomic E-state index is 0.00319. The third-order valence-corrected chi connectivity index (χ3v) is 11.4. The summed E-state index contributed by atoms with van der Waals surface area (Å²) in [5.74, 6) is -0.890. The summed E-state index contributed by atoms with van der Waals surface area (Å²) < 4.78 is 0. The Morgan fingerprint density at radius 3 is 2.37 bits per heavy atom. The summed E-state index contributed by atoms with van der Waals surface area (Å²) in [5, 5.41) is 65.3. The number of allylic oxidation sites excluding steroid dienone is 1. The third-order valence-electron chi connectivity index (χ3n) is 11.4. The van der Waals surface area contributed by atoms with Crippen LogP contribution in [0.2, 0.25) is 0 Å². The van der Waals surface area contributed by atoms with Crippen LogP contribution in [0.25, 0.3) is 0 Å². The van der Waals surface area contributed by atoms with Crippen molar-refractivity contribution in [1.82, 2.24) is 0 Å². The zero-order valence-electron chi connectivity index (χ0n) is 21.9. The number of rotatable bonds is 6. The van der Waals surface area contributed by atoms with Gasteiger partial charge in [0.15, 0.2) is 5.78 Å². The highest BCUT2D eigenvalue weighted by Crippen LogP contribution is 2.68. The summed E-state index contributed by atoms with van der Waals surface area (Å²) in [6, 6.07) is 0. The van der Waals surface area contributed by atoms with Crippen LogP contribution >= 0.6 is 0 Å². The number of hydrogen-bond acceptors (Lipinski definition) is 7. The molecule has 3 fully saturated rings. The van der Waals surface area contributed by atoms with Crippen molar-refractivity contribution < 1.29 is 35.4 Å². The molecule has 0 aromatic carbocycles. The Bertz CT molecular complexity index is 869. The van der Waals surface area contributed by atoms with Crippen LogP contribution in [0.1, 0.15) is 79.6 Å². The van der Waals surface area contributed by atoms with Gasteiger partial charge in [0.05, 0.1) is 29.5 Å². The van der Waals surface area contributed by atoms with Gasteiger partial charge in [-0.3, -0.25) is 4.79 Å². The predicted octanol–water partition coefficient (Wildman–Crippen LogP) is 1.96. The van der Waals surface area contributed by atoms with Crippen molar-refractivity contribution in [3.8, 4) is 0 Å². The van der Waals surface area contributed by atoms with Crippen molar-refractivity contribution in [2.24, 2.45) is 40.4 Å². The van der Waals surface area contributed by atoms with Gasteiger partial charge >= 0.3 is 0 Å². The van der Waals surface area contributed by atoms with Crippen molar-refractivity contribution in [1.29, 1.82) is 0 Å². The van der Waals surface area contributed by atoms with Gasteiger partial charge in [-0.05, 0) is 92.6 Å². The normalized spacial score (nSPS) is 47.6. The minimum Gasteiger partial charge on any atom is -0.396 e. The first kappa shape index (κ1) is 27.2. The maximum absolute atomic E-state index is 13.3. The van der Waals surface area contributed by atoms with Gasteiger partial charge in [-0.15, -0.1) is 0 Å². The minimum atomic E-state index is -1.44. The molecular formula is C28H46O7. The van der Waals surface area contributed by atoms with Crippen molar-refractivity contribution in [2.45, 2.75) is 109 Å². The zero-order valence-corrected chi connectivity index (χ0v) is 21.9. The lowest BCUT2D eigenvalue weighted by Gasteiger charge is -2.60. The molecule has 0 amide bonds. The van der Waals surface area contributed by atoms with E-state index >= 15 is 0 Å². The van der Waals surface area contributed by atoms with Gasteiger partial charge in [0.2, 0.25) is 0 Å². The van der Waals surface area contributed by atoms with Gasteiger partial charge < -0.3 is 30.6 Å². The maximum atomic E-state index is 13.3. The molecule has 0 saturated heterocycles. The molecule has 0 radical (unpaired) electrons. The van der Waals surface area contributed by atoms with Crippen LogP contribution < -0.4 is 0 Å². The molecule has 0 aromatic rings. The highest BCUT2D eigenvalue weighted by Gasteiger charge is 2.69. The van der Waals surface area contributed by atoms with Crippen LogP contribution in [-0.2, 0) is 4.79 Å². The SMILES string of the molecule is C[C@H](C[C@H](O)[C@](C)(O)[C@@H]1CC[C@@]2(O)C3=CC(=O)[C@@H]4C[C@@H](O)[C@@H](O)C[C@]4(C)[C@H]3CC[C@]12C)[C@@H](C)CO. The lowest BCUT2D eigenvalue weighted by molar-refractivity contribution is -0.177. The molecule has 12 atom stereocenters. The first-order chi connectivity index (χ1) is 16.1. The summed E-state index contributed by atoms with van der Waals surface area (Å²) in [5.41, 5.74) is -3.26. The monoisotopic (exact) mass is 494 g/mol. The molecule has 35 heavy (non-hydrogen) atoms. The molecular weight excluding hydrogens is 448 g/mol. The van der Waals surface area contributed by atoms with Crippen molar-refractivity contribution in [2.75, 3.05) is 6.61 Å². The number of aliphatic hydroxyl groups is 6. The lowest BCUT2D eigenvalue weighted by atomic mass is 9.45. The van der Waals surface area contributed by atoms with Crippen molar-refractivity contribution in [3.63, 3.8) is 0 Å². The molecule has 4 aliphatic rings. The molecule has 0 spiro atoms. The smallest absolute Gasteiger partial charge is 0.159 e. The Kier molecular flexibility index (Phi) is 6.91. The highest BCUT2D eigenvalue weighted by molar-refractivity contribution is 5.95. The Morgan fingerprint density at radius 2 is 1.74 bits per heavy atom. The fourth-order valence-electron chi connectivity index (χ4n) is 8.54. The first-order valence-electron chi connectivity index (χ1n) is 13.5. The lowest BCUT2D eigenvalue weighted by Crippen LogP contribution is -2.63. The van der Waals surface area contributed by atoms with E-state index in [4.69, 9.17) is 0 Å². The van der Waals surface area contributed by atoms with Crippen LogP contribution in [0.4, 0.5) is 0 Å². The second-order valence-electron chi connectivity index (χ2n) is 13.2. The molecule has 0 aliphatic heterocycles. The van der Waals surface area contributed by atoms with E-state index in [9.17, 15) is 35.4 Å². The molecule has 0 heterocycles. The largest absolute Gasteiger partial charge is 0.396 e. The van der Waals surface area contributed by atoms with E-state index in [0.717, 1.165) is 0 Å². The van der Waals surface area contributed by atoms with Gasteiger partial charge in [-0.1, -0.05) is 27.7 Å². The second-order valence-corrected chi connectivity index (χ2v) is 13.2. The molecule has 0 aromatic heterocycles. The van der Waals surface area contributed by atoms with E-state index in [1.807, 2.05) is 27.7 Å². The topological polar surface area (TPSA) is 138 Å². The number of fused-ring (bicyclic) bond motifs is 5. The highest BCUT2D eigenvalue weighted by atomic mass is 16.3. The predicted molar refractivity (Wildman–Crippen MR) is 131 cm³/mol. The standard InChI is InChI=1S/C28H46O7/c1-15(16(2)14-29)10-24(33)27(5,34)23-7-9-28(35)18-11-20(30)19-12-21(31)22(32)13-25(19,3)17(18)6-8-26(23,28)4/h11,15-17,19,21-24,29,31-35H,6-10,12-14H2,1-5H3/t15-,16+,17+,19+,21-,22+,23-,24+,25-,26-,27-,28-/m1/s1. The van der Waals surface area contributed by atoms with E-state index in [2.05, 4.69) is 0 Å². The van der Waals surface area contributed by atoms with Crippen molar-refractivity contribution >= 4 is 5.78 Å². The average Bonchev–Trinajstić information content (AvgIpc) is 3.07. The maximum Gasteiger partial charge on any atom is 0.159 e. The number of ketones is 1. The first-order valence-corrected chi connectivity index (χ1v) is 13.5. The van der Waals surface area contributed by atoms with Gasteiger partial charge in [0.1, 0.15) is 0 Å². The van der Waals surface area contributed by atoms with E-state index in [1.165, 1.54) is 0 Å². The third kappa shape index (κ3) is 3.88. The summed E-state index contributed by atoms with van der Waals surface area (Å²) >= 11 is 0. The molecule has 4 aliphatic carbocycles. The Hall–Kier alpha value is -0.830. The average molecular weight is 495 g/mol. The van der Waals surface area contributed by atoms with Crippen LogP contribution in [0.3, 0.4) is 0 Å². The second kappa shape index (κ2) is 8.88. The molecule has 0 unspecified atom stereocenters. The summed E-state index contributed by atoms with van der Waals surface area (Å²) in [4.78, 5) is 13.3. The van der Waals surface area contributed by atoms with Crippen LogP contribution in [0.15, 0.2) is 11.6 Å². The Morgan fingerprint density at radius 1 is 1.09 bits per heavy atom.